The fourth-order valence-corrected chi connectivity index (χ4v) is 4.82. The molecule has 3 atom stereocenters. The Morgan fingerprint density at radius 3 is 1.82 bits per heavy atom. The van der Waals surface area contributed by atoms with E-state index in [1.165, 1.54) is 89.9 Å². The molecule has 1 aliphatic heterocycles. The van der Waals surface area contributed by atoms with Gasteiger partial charge >= 0.3 is 7.82 Å². The number of hydrogen-bond donors (Lipinski definition) is 1. The molecule has 0 bridgehead atoms. The molecule has 0 radical (unpaired) electrons. The number of nitrogens with zero attached hydrogens (tertiary/aromatic N) is 1. The Labute approximate surface area is 210 Å². The molecule has 0 aliphatic carbocycles. The second-order valence-corrected chi connectivity index (χ2v) is 12.3. The zero-order valence-electron chi connectivity index (χ0n) is 22.7. The zero-order chi connectivity index (χ0) is 25.1. The Hall–Kier alpha value is -0.0100. The van der Waals surface area contributed by atoms with Crippen LogP contribution in [-0.2, 0) is 23.1 Å². The second-order valence-electron chi connectivity index (χ2n) is 10.9. The fraction of sp³-hybridized carbons (Fsp3) is 1.00. The number of phosphoric ester groups is 1. The van der Waals surface area contributed by atoms with E-state index in [0.29, 0.717) is 17.6 Å². The Bertz CT molecular complexity index is 528. The van der Waals surface area contributed by atoms with Gasteiger partial charge < -0.3 is 18.9 Å². The van der Waals surface area contributed by atoms with Gasteiger partial charge in [0.05, 0.1) is 34.4 Å². The molecule has 3 unspecified atom stereocenters. The maximum atomic E-state index is 12.0. The molecular formula is C26H55NO6P+. The standard InChI is InChI=1S/C26H54NO6P/c1-5-6-7-8-9-10-11-12-13-14-15-16-17-18-19-20-26-30-23-25(33-26)24-32-34(28,29)31-22-21-27(2,3)4/h25-26H,5-24H2,1-4H3/p+1. The molecule has 0 aromatic heterocycles. The van der Waals surface area contributed by atoms with Crippen molar-refractivity contribution in [1.29, 1.82) is 0 Å². The topological polar surface area (TPSA) is 74.2 Å². The molecule has 7 nitrogen and oxygen atoms in total. The second kappa shape index (κ2) is 19.1. The van der Waals surface area contributed by atoms with Crippen molar-refractivity contribution in [3.63, 3.8) is 0 Å². The van der Waals surface area contributed by atoms with Crippen LogP contribution in [-0.4, -0.2) is 69.3 Å². The highest BCUT2D eigenvalue weighted by Crippen LogP contribution is 2.43. The molecule has 8 heteroatoms. The summed E-state index contributed by atoms with van der Waals surface area (Å²) >= 11 is 0. The lowest BCUT2D eigenvalue weighted by atomic mass is 10.0. The highest BCUT2D eigenvalue weighted by atomic mass is 31.2. The lowest BCUT2D eigenvalue weighted by Crippen LogP contribution is -2.37. The minimum atomic E-state index is -4.05. The Morgan fingerprint density at radius 1 is 0.824 bits per heavy atom. The molecule has 1 saturated heterocycles. The van der Waals surface area contributed by atoms with Gasteiger partial charge in [0.1, 0.15) is 19.3 Å². The Morgan fingerprint density at radius 2 is 1.32 bits per heavy atom. The smallest absolute Gasteiger partial charge is 0.350 e. The molecule has 0 amide bonds. The van der Waals surface area contributed by atoms with Gasteiger partial charge in [-0.05, 0) is 12.8 Å². The molecule has 1 fully saturated rings. The number of hydrogen-bond acceptors (Lipinski definition) is 5. The van der Waals surface area contributed by atoms with Crippen LogP contribution in [0.15, 0.2) is 0 Å². The number of quaternary nitrogens is 1. The first-order valence-electron chi connectivity index (χ1n) is 13.9. The summed E-state index contributed by atoms with van der Waals surface area (Å²) in [5.74, 6) is 0. The summed E-state index contributed by atoms with van der Waals surface area (Å²) in [7, 11) is 1.94. The van der Waals surface area contributed by atoms with Crippen LogP contribution < -0.4 is 0 Å². The van der Waals surface area contributed by atoms with Crippen molar-refractivity contribution >= 4 is 7.82 Å². The van der Waals surface area contributed by atoms with Gasteiger partial charge in [0.15, 0.2) is 6.29 Å². The predicted octanol–water partition coefficient (Wildman–Crippen LogP) is 6.83. The molecule has 34 heavy (non-hydrogen) atoms. The molecule has 0 aromatic rings. The number of rotatable bonds is 23. The van der Waals surface area contributed by atoms with Crippen molar-refractivity contribution in [2.45, 2.75) is 122 Å². The van der Waals surface area contributed by atoms with Gasteiger partial charge in [-0.15, -0.1) is 0 Å². The van der Waals surface area contributed by atoms with Crippen molar-refractivity contribution in [2.24, 2.45) is 0 Å². The Balaban J connectivity index is 1.90. The third-order valence-electron chi connectivity index (χ3n) is 6.30. The predicted molar refractivity (Wildman–Crippen MR) is 139 cm³/mol. The SMILES string of the molecule is CCCCCCCCCCCCCCCCCC1OCC(COP(=O)(O)OCC[N+](C)(C)C)O1. The van der Waals surface area contributed by atoms with Crippen LogP contribution in [0.2, 0.25) is 0 Å². The van der Waals surface area contributed by atoms with Gasteiger partial charge in [0.2, 0.25) is 0 Å². The number of ether oxygens (including phenoxy) is 2. The first-order chi connectivity index (χ1) is 16.2. The van der Waals surface area contributed by atoms with Crippen molar-refractivity contribution in [1.82, 2.24) is 0 Å². The largest absolute Gasteiger partial charge is 0.472 e. The van der Waals surface area contributed by atoms with E-state index in [9.17, 15) is 9.46 Å². The summed E-state index contributed by atoms with van der Waals surface area (Å²) in [5.41, 5.74) is 0. The maximum absolute atomic E-state index is 12.0. The van der Waals surface area contributed by atoms with Crippen molar-refractivity contribution in [3.05, 3.63) is 0 Å². The summed E-state index contributed by atoms with van der Waals surface area (Å²) in [4.78, 5) is 9.80. The number of phosphoric acid groups is 1. The normalized spacial score (nSPS) is 20.6. The quantitative estimate of drug-likeness (QED) is 0.0926. The van der Waals surface area contributed by atoms with Crippen LogP contribution in [0.25, 0.3) is 0 Å². The summed E-state index contributed by atoms with van der Waals surface area (Å²) in [6, 6.07) is 0. The lowest BCUT2D eigenvalue weighted by molar-refractivity contribution is -0.870. The van der Waals surface area contributed by atoms with Crippen LogP contribution in [0.4, 0.5) is 0 Å². The van der Waals surface area contributed by atoms with Crippen LogP contribution in [0.5, 0.6) is 0 Å². The first-order valence-corrected chi connectivity index (χ1v) is 15.4. The van der Waals surface area contributed by atoms with Crippen molar-refractivity contribution in [3.8, 4) is 0 Å². The molecule has 1 heterocycles. The van der Waals surface area contributed by atoms with Gasteiger partial charge in [-0.2, -0.15) is 0 Å². The van der Waals surface area contributed by atoms with Gasteiger partial charge in [-0.25, -0.2) is 4.57 Å². The van der Waals surface area contributed by atoms with Crippen LogP contribution >= 0.6 is 7.82 Å². The van der Waals surface area contributed by atoms with Gasteiger partial charge in [-0.3, -0.25) is 9.05 Å². The minimum absolute atomic E-state index is 0.00745. The highest BCUT2D eigenvalue weighted by Gasteiger charge is 2.30. The van der Waals surface area contributed by atoms with Crippen molar-refractivity contribution in [2.75, 3.05) is 47.5 Å². The molecule has 1 N–H and O–H groups in total. The lowest BCUT2D eigenvalue weighted by Gasteiger charge is -2.24. The van der Waals surface area contributed by atoms with E-state index in [4.69, 9.17) is 18.5 Å². The molecule has 204 valence electrons. The van der Waals surface area contributed by atoms with E-state index in [2.05, 4.69) is 6.92 Å². The van der Waals surface area contributed by atoms with Gasteiger partial charge in [0, 0.05) is 0 Å². The van der Waals surface area contributed by atoms with Crippen LogP contribution in [0.3, 0.4) is 0 Å². The van der Waals surface area contributed by atoms with E-state index >= 15 is 0 Å². The minimum Gasteiger partial charge on any atom is -0.350 e. The van der Waals surface area contributed by atoms with Crippen LogP contribution in [0, 0.1) is 0 Å². The monoisotopic (exact) mass is 508 g/mol. The molecule has 0 spiro atoms. The average molecular weight is 509 g/mol. The van der Waals surface area contributed by atoms with E-state index in [-0.39, 0.29) is 25.6 Å². The van der Waals surface area contributed by atoms with E-state index in [1.54, 1.807) is 0 Å². The average Bonchev–Trinajstić information content (AvgIpc) is 3.22. The summed E-state index contributed by atoms with van der Waals surface area (Å²) in [6.45, 7) is 3.46. The Kier molecular flexibility index (Phi) is 18.0. The summed E-state index contributed by atoms with van der Waals surface area (Å²) in [5, 5.41) is 0. The molecule has 0 aromatic carbocycles. The zero-order valence-corrected chi connectivity index (χ0v) is 23.6. The number of likely N-dealkylation sites (N-methyl/N-ethyl adjacent to an activating group) is 1. The summed E-state index contributed by atoms with van der Waals surface area (Å²) < 4.78 is 34.2. The fourth-order valence-electron chi connectivity index (χ4n) is 4.07. The highest BCUT2D eigenvalue weighted by molar-refractivity contribution is 7.47. The number of unbranched alkanes of at least 4 members (excludes halogenated alkanes) is 14. The van der Waals surface area contributed by atoms with E-state index in [1.807, 2.05) is 21.1 Å². The molecular weight excluding hydrogens is 453 g/mol. The maximum Gasteiger partial charge on any atom is 0.472 e. The van der Waals surface area contributed by atoms with Gasteiger partial charge in [0.25, 0.3) is 0 Å². The van der Waals surface area contributed by atoms with E-state index < -0.39 is 7.82 Å². The van der Waals surface area contributed by atoms with Crippen LogP contribution in [0.1, 0.15) is 110 Å². The third kappa shape index (κ3) is 19.2. The summed E-state index contributed by atoms with van der Waals surface area (Å²) in [6.07, 6.45) is 20.6. The molecule has 0 saturated carbocycles. The molecule has 1 aliphatic rings. The van der Waals surface area contributed by atoms with E-state index in [0.717, 1.165) is 12.8 Å². The third-order valence-corrected chi connectivity index (χ3v) is 7.28. The molecule has 1 rings (SSSR count). The van der Waals surface area contributed by atoms with Gasteiger partial charge in [-0.1, -0.05) is 96.8 Å². The first kappa shape index (κ1) is 32.0. The van der Waals surface area contributed by atoms with Crippen molar-refractivity contribution < 1.29 is 32.5 Å².